The summed E-state index contributed by atoms with van der Waals surface area (Å²) >= 11 is 0. The van der Waals surface area contributed by atoms with Crippen molar-refractivity contribution in [2.75, 3.05) is 18.1 Å². The molecule has 25 heavy (non-hydrogen) atoms. The fraction of sp³-hybridized carbons (Fsp3) is 0.526. The minimum absolute atomic E-state index is 0.0511. The lowest BCUT2D eigenvalue weighted by molar-refractivity contribution is -0.125. The molecule has 2 aliphatic rings. The van der Waals surface area contributed by atoms with Crippen LogP contribution in [0.4, 0.5) is 5.69 Å². The number of anilines is 1. The average molecular weight is 343 g/mol. The van der Waals surface area contributed by atoms with Gasteiger partial charge in [-0.25, -0.2) is 5.43 Å². The Bertz CT molecular complexity index is 712. The number of para-hydroxylation sites is 2. The van der Waals surface area contributed by atoms with E-state index < -0.39 is 0 Å². The molecule has 134 valence electrons. The first-order valence-electron chi connectivity index (χ1n) is 8.70. The Morgan fingerprint density at radius 3 is 2.92 bits per heavy atom. The summed E-state index contributed by atoms with van der Waals surface area (Å²) in [5, 5.41) is 4.32. The topological polar surface area (TPSA) is 71.0 Å². The van der Waals surface area contributed by atoms with Gasteiger partial charge in [-0.2, -0.15) is 5.10 Å². The Morgan fingerprint density at radius 2 is 2.16 bits per heavy atom. The smallest absolute Gasteiger partial charge is 0.265 e. The van der Waals surface area contributed by atoms with Gasteiger partial charge < -0.3 is 4.74 Å². The number of hydrazone groups is 1. The van der Waals surface area contributed by atoms with Crippen molar-refractivity contribution in [2.24, 2.45) is 16.4 Å². The maximum atomic E-state index is 12.3. The number of fused-ring (bicyclic) bond motifs is 1. The molecule has 1 aromatic carbocycles. The standard InChI is InChI=1S/C19H25N3O3/c1-13-8-14(10-19(2,3)9-13)20-21-17(23)11-22-15-6-4-5-7-16(15)25-12-18(22)24/h4-7,13H,8-12H2,1-3H3,(H,21,23)/b20-14-/t13-/m0/s1. The lowest BCUT2D eigenvalue weighted by Crippen LogP contribution is -2.44. The summed E-state index contributed by atoms with van der Waals surface area (Å²) in [6, 6.07) is 7.22. The summed E-state index contributed by atoms with van der Waals surface area (Å²) in [5.41, 5.74) is 4.47. The van der Waals surface area contributed by atoms with Crippen molar-refractivity contribution in [3.05, 3.63) is 24.3 Å². The maximum Gasteiger partial charge on any atom is 0.265 e. The zero-order valence-corrected chi connectivity index (χ0v) is 15.0. The second-order valence-corrected chi connectivity index (χ2v) is 7.80. The molecule has 0 radical (unpaired) electrons. The van der Waals surface area contributed by atoms with E-state index in [2.05, 4.69) is 31.3 Å². The quantitative estimate of drug-likeness (QED) is 0.858. The van der Waals surface area contributed by atoms with E-state index in [0.717, 1.165) is 18.6 Å². The van der Waals surface area contributed by atoms with E-state index in [1.54, 1.807) is 12.1 Å². The SMILES string of the molecule is C[C@H]1C/C(=N/NC(=O)CN2C(=O)COc3ccccc32)CC(C)(C)C1. The van der Waals surface area contributed by atoms with Gasteiger partial charge in [0.2, 0.25) is 0 Å². The second-order valence-electron chi connectivity index (χ2n) is 7.80. The average Bonchev–Trinajstić information content (AvgIpc) is 2.54. The van der Waals surface area contributed by atoms with E-state index in [-0.39, 0.29) is 30.4 Å². The van der Waals surface area contributed by atoms with E-state index in [0.29, 0.717) is 17.4 Å². The number of hydrogen-bond donors (Lipinski definition) is 1. The van der Waals surface area contributed by atoms with Gasteiger partial charge >= 0.3 is 0 Å². The van der Waals surface area contributed by atoms with Crippen LogP contribution in [0.1, 0.15) is 40.0 Å². The van der Waals surface area contributed by atoms with Crippen LogP contribution >= 0.6 is 0 Å². The highest BCUT2D eigenvalue weighted by Crippen LogP contribution is 2.37. The highest BCUT2D eigenvalue weighted by molar-refractivity contribution is 6.02. The molecule has 0 unspecified atom stereocenters. The normalized spacial score (nSPS) is 23.8. The van der Waals surface area contributed by atoms with Crippen molar-refractivity contribution in [3.8, 4) is 5.75 Å². The monoisotopic (exact) mass is 343 g/mol. The van der Waals surface area contributed by atoms with Crippen LogP contribution in [0.2, 0.25) is 0 Å². The van der Waals surface area contributed by atoms with Crippen molar-refractivity contribution in [3.63, 3.8) is 0 Å². The zero-order valence-electron chi connectivity index (χ0n) is 15.0. The molecule has 1 atom stereocenters. The first kappa shape index (κ1) is 17.5. The van der Waals surface area contributed by atoms with E-state index in [4.69, 9.17) is 4.74 Å². The number of nitrogens with zero attached hydrogens (tertiary/aromatic N) is 2. The van der Waals surface area contributed by atoms with Gasteiger partial charge in [-0.1, -0.05) is 32.9 Å². The number of carbonyl (C=O) groups is 2. The molecule has 6 heteroatoms. The van der Waals surface area contributed by atoms with Crippen molar-refractivity contribution in [1.82, 2.24) is 5.43 Å². The van der Waals surface area contributed by atoms with Gasteiger partial charge in [0, 0.05) is 5.71 Å². The highest BCUT2D eigenvalue weighted by Gasteiger charge is 2.30. The summed E-state index contributed by atoms with van der Waals surface area (Å²) in [5.74, 6) is 0.652. The Labute approximate surface area is 148 Å². The van der Waals surface area contributed by atoms with Crippen molar-refractivity contribution in [1.29, 1.82) is 0 Å². The molecule has 1 heterocycles. The molecule has 0 spiro atoms. The minimum Gasteiger partial charge on any atom is -0.482 e. The molecule has 1 saturated carbocycles. The van der Waals surface area contributed by atoms with Gasteiger partial charge in [0.1, 0.15) is 12.3 Å². The van der Waals surface area contributed by atoms with Crippen LogP contribution in [0.5, 0.6) is 5.75 Å². The zero-order chi connectivity index (χ0) is 18.0. The van der Waals surface area contributed by atoms with Crippen LogP contribution in [0.3, 0.4) is 0 Å². The third-order valence-electron chi connectivity index (χ3n) is 4.62. The molecule has 1 fully saturated rings. The highest BCUT2D eigenvalue weighted by atomic mass is 16.5. The first-order chi connectivity index (χ1) is 11.8. The number of benzene rings is 1. The number of hydrogen-bond acceptors (Lipinski definition) is 4. The lowest BCUT2D eigenvalue weighted by Gasteiger charge is -2.34. The Hall–Kier alpha value is -2.37. The molecule has 1 aliphatic carbocycles. The molecule has 2 amide bonds. The Kier molecular flexibility index (Phi) is 4.79. The number of carbonyl (C=O) groups excluding carboxylic acids is 2. The summed E-state index contributed by atoms with van der Waals surface area (Å²) in [6.07, 6.45) is 2.96. The molecule has 0 bridgehead atoms. The van der Waals surface area contributed by atoms with Gasteiger partial charge in [-0.3, -0.25) is 14.5 Å². The third-order valence-corrected chi connectivity index (χ3v) is 4.62. The first-order valence-corrected chi connectivity index (χ1v) is 8.70. The molecule has 1 aromatic rings. The summed E-state index contributed by atoms with van der Waals surface area (Å²) in [4.78, 5) is 25.9. The van der Waals surface area contributed by atoms with Crippen LogP contribution in [0.25, 0.3) is 0 Å². The number of rotatable bonds is 3. The van der Waals surface area contributed by atoms with Crippen LogP contribution in [0, 0.1) is 11.3 Å². The van der Waals surface area contributed by atoms with Crippen LogP contribution < -0.4 is 15.1 Å². The summed E-state index contributed by atoms with van der Waals surface area (Å²) in [7, 11) is 0. The van der Waals surface area contributed by atoms with E-state index in [1.807, 2.05) is 12.1 Å². The van der Waals surface area contributed by atoms with Crippen LogP contribution in [-0.2, 0) is 9.59 Å². The summed E-state index contributed by atoms with van der Waals surface area (Å²) < 4.78 is 5.39. The van der Waals surface area contributed by atoms with E-state index >= 15 is 0 Å². The second kappa shape index (κ2) is 6.86. The minimum atomic E-state index is -0.298. The largest absolute Gasteiger partial charge is 0.482 e. The molecule has 0 aromatic heterocycles. The third kappa shape index (κ3) is 4.18. The molecule has 0 saturated heterocycles. The fourth-order valence-electron chi connectivity index (χ4n) is 3.85. The van der Waals surface area contributed by atoms with E-state index in [1.165, 1.54) is 11.3 Å². The summed E-state index contributed by atoms with van der Waals surface area (Å²) in [6.45, 7) is 6.55. The maximum absolute atomic E-state index is 12.3. The molecular formula is C19H25N3O3. The lowest BCUT2D eigenvalue weighted by atomic mass is 9.72. The number of amides is 2. The Morgan fingerprint density at radius 1 is 1.40 bits per heavy atom. The fourth-order valence-corrected chi connectivity index (χ4v) is 3.85. The molecule has 6 nitrogen and oxygen atoms in total. The Balaban J connectivity index is 1.65. The number of nitrogens with one attached hydrogen (secondary N) is 1. The molecule has 1 N–H and O–H groups in total. The van der Waals surface area contributed by atoms with Crippen molar-refractivity contribution >= 4 is 23.2 Å². The number of ether oxygens (including phenoxy) is 1. The van der Waals surface area contributed by atoms with Gasteiger partial charge in [-0.05, 0) is 42.7 Å². The molecule has 3 rings (SSSR count). The van der Waals surface area contributed by atoms with Gasteiger partial charge in [0.25, 0.3) is 11.8 Å². The van der Waals surface area contributed by atoms with Gasteiger partial charge in [-0.15, -0.1) is 0 Å². The van der Waals surface area contributed by atoms with Gasteiger partial charge in [0.05, 0.1) is 5.69 Å². The predicted molar refractivity (Wildman–Crippen MR) is 96.7 cm³/mol. The van der Waals surface area contributed by atoms with Crippen molar-refractivity contribution in [2.45, 2.75) is 40.0 Å². The van der Waals surface area contributed by atoms with E-state index in [9.17, 15) is 9.59 Å². The van der Waals surface area contributed by atoms with Crippen LogP contribution in [-0.4, -0.2) is 30.7 Å². The predicted octanol–water partition coefficient (Wildman–Crippen LogP) is 2.73. The molecular weight excluding hydrogens is 318 g/mol. The van der Waals surface area contributed by atoms with Crippen molar-refractivity contribution < 1.29 is 14.3 Å². The van der Waals surface area contributed by atoms with Crippen LogP contribution in [0.15, 0.2) is 29.4 Å². The van der Waals surface area contributed by atoms with Gasteiger partial charge in [0.15, 0.2) is 6.61 Å². The molecule has 1 aliphatic heterocycles.